The van der Waals surface area contributed by atoms with E-state index in [2.05, 4.69) is 4.84 Å². The van der Waals surface area contributed by atoms with Crippen LogP contribution < -0.4 is 4.74 Å². The van der Waals surface area contributed by atoms with E-state index in [-0.39, 0.29) is 29.3 Å². The molecule has 9 nitrogen and oxygen atoms in total. The van der Waals surface area contributed by atoms with Crippen molar-refractivity contribution in [2.24, 2.45) is 5.92 Å². The third-order valence-corrected chi connectivity index (χ3v) is 5.29. The van der Waals surface area contributed by atoms with E-state index < -0.39 is 17.1 Å². The molecule has 1 aliphatic rings. The van der Waals surface area contributed by atoms with E-state index in [4.69, 9.17) is 4.74 Å². The molecule has 0 aromatic heterocycles. The summed E-state index contributed by atoms with van der Waals surface area (Å²) >= 11 is 1.08. The van der Waals surface area contributed by atoms with Crippen molar-refractivity contribution in [3.63, 3.8) is 0 Å². The fourth-order valence-electron chi connectivity index (χ4n) is 2.88. The van der Waals surface area contributed by atoms with E-state index in [0.29, 0.717) is 30.7 Å². The fraction of sp³-hybridized carbons (Fsp3) is 0.500. The van der Waals surface area contributed by atoms with Gasteiger partial charge in [-0.1, -0.05) is 30.8 Å². The Balaban J connectivity index is 1.99. The molecule has 152 valence electrons. The first-order valence-corrected chi connectivity index (χ1v) is 9.78. The van der Waals surface area contributed by atoms with Gasteiger partial charge in [0.05, 0.1) is 0 Å². The largest absolute Gasteiger partial charge is 0.425 e. The van der Waals surface area contributed by atoms with E-state index in [1.54, 1.807) is 25.1 Å². The van der Waals surface area contributed by atoms with Crippen LogP contribution in [-0.4, -0.2) is 45.3 Å². The number of esters is 1. The first-order chi connectivity index (χ1) is 13.3. The summed E-state index contributed by atoms with van der Waals surface area (Å²) in [7, 11) is 0. The standard InChI is InChI=1S/C18H22N2O7S/c1-12(11-28-13(2)21)17(22)19-8-4-7-16(19)18(23)27-15-6-3-5-14(9-15)10-26-20(24)25/h3,5-6,9,12,16H,4,7-8,10-11H2,1-2H3/t12-,16+/m1/s1. The predicted octanol–water partition coefficient (Wildman–Crippen LogP) is 2.21. The summed E-state index contributed by atoms with van der Waals surface area (Å²) in [5.74, 6) is -0.518. The van der Waals surface area contributed by atoms with Crippen LogP contribution in [0, 0.1) is 16.0 Å². The molecule has 0 bridgehead atoms. The average molecular weight is 410 g/mol. The van der Waals surface area contributed by atoms with Crippen molar-refractivity contribution >= 4 is 28.8 Å². The molecule has 0 unspecified atom stereocenters. The van der Waals surface area contributed by atoms with E-state index in [1.165, 1.54) is 17.9 Å². The van der Waals surface area contributed by atoms with Gasteiger partial charge in [-0.05, 0) is 30.5 Å². The molecule has 10 heteroatoms. The van der Waals surface area contributed by atoms with Gasteiger partial charge < -0.3 is 14.5 Å². The van der Waals surface area contributed by atoms with Crippen molar-refractivity contribution in [2.75, 3.05) is 12.3 Å². The molecule has 0 saturated carbocycles. The molecule has 2 atom stereocenters. The highest BCUT2D eigenvalue weighted by molar-refractivity contribution is 8.13. The molecular weight excluding hydrogens is 388 g/mol. The molecule has 1 aromatic carbocycles. The molecule has 1 heterocycles. The molecule has 0 aliphatic carbocycles. The van der Waals surface area contributed by atoms with Crippen LogP contribution in [-0.2, 0) is 25.8 Å². The van der Waals surface area contributed by atoms with Gasteiger partial charge in [0, 0.05) is 25.1 Å². The summed E-state index contributed by atoms with van der Waals surface area (Å²) in [6, 6.07) is 5.56. The monoisotopic (exact) mass is 410 g/mol. The predicted molar refractivity (Wildman–Crippen MR) is 101 cm³/mol. The zero-order valence-electron chi connectivity index (χ0n) is 15.7. The molecule has 2 rings (SSSR count). The molecule has 0 N–H and O–H groups in total. The highest BCUT2D eigenvalue weighted by Crippen LogP contribution is 2.24. The van der Waals surface area contributed by atoms with Gasteiger partial charge in [-0.3, -0.25) is 9.59 Å². The number of likely N-dealkylation sites (tertiary alicyclic amines) is 1. The number of carbonyl (C=O) groups excluding carboxylic acids is 3. The number of carbonyl (C=O) groups is 3. The minimum atomic E-state index is -0.897. The van der Waals surface area contributed by atoms with Gasteiger partial charge in [0.15, 0.2) is 5.12 Å². The third-order valence-electron chi connectivity index (χ3n) is 4.22. The summed E-state index contributed by atoms with van der Waals surface area (Å²) in [4.78, 5) is 52.4. The van der Waals surface area contributed by atoms with Gasteiger partial charge >= 0.3 is 5.97 Å². The molecule has 28 heavy (non-hydrogen) atoms. The Morgan fingerprint density at radius 3 is 2.82 bits per heavy atom. The number of amides is 1. The molecule has 1 aromatic rings. The van der Waals surface area contributed by atoms with Crippen LogP contribution in [0.25, 0.3) is 0 Å². The SMILES string of the molecule is CC(=O)SC[C@@H](C)C(=O)N1CCC[C@H]1C(=O)Oc1cccc(CO[N+](=O)[O-])c1. The molecule has 0 radical (unpaired) electrons. The minimum Gasteiger partial charge on any atom is -0.425 e. The fourth-order valence-corrected chi connectivity index (χ4v) is 3.51. The van der Waals surface area contributed by atoms with Crippen LogP contribution in [0.15, 0.2) is 24.3 Å². The van der Waals surface area contributed by atoms with Crippen LogP contribution in [0.2, 0.25) is 0 Å². The van der Waals surface area contributed by atoms with Crippen molar-refractivity contribution in [1.29, 1.82) is 0 Å². The van der Waals surface area contributed by atoms with Crippen molar-refractivity contribution < 1.29 is 29.0 Å². The maximum Gasteiger partial charge on any atom is 0.334 e. The van der Waals surface area contributed by atoms with Gasteiger partial charge in [0.1, 0.15) is 18.4 Å². The van der Waals surface area contributed by atoms with Gasteiger partial charge in [-0.2, -0.15) is 0 Å². The van der Waals surface area contributed by atoms with Crippen LogP contribution in [0.3, 0.4) is 0 Å². The van der Waals surface area contributed by atoms with Gasteiger partial charge in [-0.25, -0.2) is 4.79 Å². The van der Waals surface area contributed by atoms with Crippen LogP contribution >= 0.6 is 11.8 Å². The number of hydrogen-bond donors (Lipinski definition) is 0. The Hall–Kier alpha value is -2.62. The second kappa shape index (κ2) is 10.1. The lowest BCUT2D eigenvalue weighted by Crippen LogP contribution is -2.45. The molecule has 1 amide bonds. The maximum absolute atomic E-state index is 12.6. The van der Waals surface area contributed by atoms with Crippen molar-refractivity contribution in [2.45, 2.75) is 39.3 Å². The van der Waals surface area contributed by atoms with Crippen molar-refractivity contribution in [3.05, 3.63) is 39.9 Å². The summed E-state index contributed by atoms with van der Waals surface area (Å²) in [5.41, 5.74) is 0.483. The second-order valence-corrected chi connectivity index (χ2v) is 7.66. The summed E-state index contributed by atoms with van der Waals surface area (Å²) in [6.45, 7) is 3.39. The van der Waals surface area contributed by atoms with Crippen molar-refractivity contribution in [1.82, 2.24) is 4.90 Å². The average Bonchev–Trinajstić information content (AvgIpc) is 3.14. The minimum absolute atomic E-state index is 0.0574. The van der Waals surface area contributed by atoms with E-state index in [1.807, 2.05) is 0 Å². The molecule has 0 spiro atoms. The van der Waals surface area contributed by atoms with Crippen LogP contribution in [0.5, 0.6) is 5.75 Å². The van der Waals surface area contributed by atoms with Gasteiger partial charge in [0.2, 0.25) is 5.91 Å². The molecular formula is C18H22N2O7S. The summed E-state index contributed by atoms with van der Waals surface area (Å²) < 4.78 is 5.39. The van der Waals surface area contributed by atoms with E-state index in [9.17, 15) is 24.5 Å². The number of ether oxygens (including phenoxy) is 1. The van der Waals surface area contributed by atoms with Gasteiger partial charge in [0.25, 0.3) is 5.09 Å². The normalized spacial score (nSPS) is 17.1. The highest BCUT2D eigenvalue weighted by atomic mass is 32.2. The first kappa shape index (κ1) is 21.7. The summed E-state index contributed by atoms with van der Waals surface area (Å²) in [5, 5.41) is 9.33. The Morgan fingerprint density at radius 2 is 2.14 bits per heavy atom. The lowest BCUT2D eigenvalue weighted by Gasteiger charge is -2.26. The lowest BCUT2D eigenvalue weighted by molar-refractivity contribution is -0.763. The molecule has 1 fully saturated rings. The zero-order valence-corrected chi connectivity index (χ0v) is 16.5. The second-order valence-electron chi connectivity index (χ2n) is 6.46. The molecule has 1 aliphatic heterocycles. The number of benzene rings is 1. The van der Waals surface area contributed by atoms with Crippen LogP contribution in [0.4, 0.5) is 0 Å². The number of nitrogens with zero attached hydrogens (tertiary/aromatic N) is 2. The Labute approximate surface area is 166 Å². The van der Waals surface area contributed by atoms with E-state index in [0.717, 1.165) is 11.8 Å². The maximum atomic E-state index is 12.6. The third kappa shape index (κ3) is 6.22. The Morgan fingerprint density at radius 1 is 1.39 bits per heavy atom. The highest BCUT2D eigenvalue weighted by Gasteiger charge is 2.37. The number of rotatable bonds is 8. The Kier molecular flexibility index (Phi) is 7.80. The summed E-state index contributed by atoms with van der Waals surface area (Å²) in [6.07, 6.45) is 1.19. The topological polar surface area (TPSA) is 116 Å². The lowest BCUT2D eigenvalue weighted by atomic mass is 10.1. The van der Waals surface area contributed by atoms with Crippen LogP contribution in [0.1, 0.15) is 32.3 Å². The Bertz CT molecular complexity index is 755. The number of thioether (sulfide) groups is 1. The smallest absolute Gasteiger partial charge is 0.334 e. The quantitative estimate of drug-likeness (QED) is 0.277. The van der Waals surface area contributed by atoms with Gasteiger partial charge in [-0.15, -0.1) is 10.1 Å². The van der Waals surface area contributed by atoms with Crippen molar-refractivity contribution in [3.8, 4) is 5.75 Å². The van der Waals surface area contributed by atoms with E-state index >= 15 is 0 Å². The number of hydrogen-bond acceptors (Lipinski definition) is 8. The zero-order chi connectivity index (χ0) is 20.7. The molecule has 1 saturated heterocycles. The first-order valence-electron chi connectivity index (χ1n) is 8.79.